The fourth-order valence-electron chi connectivity index (χ4n) is 2.34. The SMILES string of the molecule is CC1(C)C(c2ccccc2)C1(C)O. The van der Waals surface area contributed by atoms with Crippen LogP contribution < -0.4 is 0 Å². The molecule has 70 valence electrons. The lowest BCUT2D eigenvalue weighted by molar-refractivity contribution is 0.126. The van der Waals surface area contributed by atoms with Crippen LogP contribution in [0.15, 0.2) is 30.3 Å². The fraction of sp³-hybridized carbons (Fsp3) is 0.500. The van der Waals surface area contributed by atoms with Gasteiger partial charge in [-0.3, -0.25) is 0 Å². The average molecular weight is 176 g/mol. The zero-order chi connectivity index (χ0) is 9.69. The van der Waals surface area contributed by atoms with E-state index >= 15 is 0 Å². The zero-order valence-electron chi connectivity index (χ0n) is 8.41. The van der Waals surface area contributed by atoms with Crippen molar-refractivity contribution in [1.82, 2.24) is 0 Å². The first-order chi connectivity index (χ1) is 5.98. The van der Waals surface area contributed by atoms with Gasteiger partial charge in [0.05, 0.1) is 5.60 Å². The third-order valence-electron chi connectivity index (χ3n) is 3.64. The summed E-state index contributed by atoms with van der Waals surface area (Å²) in [5.74, 6) is 0.293. The number of hydrogen-bond acceptors (Lipinski definition) is 1. The molecule has 1 N–H and O–H groups in total. The summed E-state index contributed by atoms with van der Waals surface area (Å²) in [6.07, 6.45) is 0. The largest absolute Gasteiger partial charge is 0.389 e. The fourth-order valence-corrected chi connectivity index (χ4v) is 2.34. The van der Waals surface area contributed by atoms with Crippen molar-refractivity contribution in [2.24, 2.45) is 5.41 Å². The summed E-state index contributed by atoms with van der Waals surface area (Å²) in [5.41, 5.74) is 0.736. The summed E-state index contributed by atoms with van der Waals surface area (Å²) in [4.78, 5) is 0. The van der Waals surface area contributed by atoms with Crippen LogP contribution in [0.1, 0.15) is 32.3 Å². The minimum absolute atomic E-state index is 0.0222. The van der Waals surface area contributed by atoms with Crippen LogP contribution in [0, 0.1) is 5.41 Å². The highest BCUT2D eigenvalue weighted by Gasteiger charge is 2.67. The Morgan fingerprint density at radius 1 is 1.08 bits per heavy atom. The van der Waals surface area contributed by atoms with Gasteiger partial charge in [-0.1, -0.05) is 44.2 Å². The summed E-state index contributed by atoms with van der Waals surface area (Å²) in [6.45, 7) is 6.15. The maximum atomic E-state index is 10.1. The lowest BCUT2D eigenvalue weighted by Crippen LogP contribution is -2.09. The number of hydrogen-bond donors (Lipinski definition) is 1. The first kappa shape index (κ1) is 8.76. The van der Waals surface area contributed by atoms with E-state index in [0.29, 0.717) is 5.92 Å². The predicted octanol–water partition coefficient (Wildman–Crippen LogP) is 2.56. The van der Waals surface area contributed by atoms with Crippen LogP contribution >= 0.6 is 0 Å². The maximum absolute atomic E-state index is 10.1. The van der Waals surface area contributed by atoms with Crippen LogP contribution in [-0.2, 0) is 0 Å². The molecular weight excluding hydrogens is 160 g/mol. The van der Waals surface area contributed by atoms with Crippen molar-refractivity contribution >= 4 is 0 Å². The van der Waals surface area contributed by atoms with Gasteiger partial charge in [0.2, 0.25) is 0 Å². The minimum atomic E-state index is -0.533. The molecule has 1 aliphatic rings. The van der Waals surface area contributed by atoms with E-state index in [1.165, 1.54) is 5.56 Å². The molecule has 2 unspecified atom stereocenters. The van der Waals surface area contributed by atoms with E-state index in [4.69, 9.17) is 0 Å². The van der Waals surface area contributed by atoms with Crippen molar-refractivity contribution < 1.29 is 5.11 Å². The monoisotopic (exact) mass is 176 g/mol. The van der Waals surface area contributed by atoms with E-state index in [9.17, 15) is 5.11 Å². The van der Waals surface area contributed by atoms with Crippen LogP contribution in [0.25, 0.3) is 0 Å². The van der Waals surface area contributed by atoms with Gasteiger partial charge in [0.15, 0.2) is 0 Å². The highest BCUT2D eigenvalue weighted by molar-refractivity contribution is 5.37. The van der Waals surface area contributed by atoms with Crippen molar-refractivity contribution in [3.05, 3.63) is 35.9 Å². The normalized spacial score (nSPS) is 35.8. The summed E-state index contributed by atoms with van der Waals surface area (Å²) < 4.78 is 0. The van der Waals surface area contributed by atoms with Crippen molar-refractivity contribution in [1.29, 1.82) is 0 Å². The van der Waals surface area contributed by atoms with Crippen LogP contribution in [0.5, 0.6) is 0 Å². The molecule has 0 aromatic heterocycles. The lowest BCUT2D eigenvalue weighted by Gasteiger charge is -2.02. The van der Waals surface area contributed by atoms with E-state index in [1.54, 1.807) is 0 Å². The Hall–Kier alpha value is -0.820. The van der Waals surface area contributed by atoms with Crippen molar-refractivity contribution in [3.8, 4) is 0 Å². The van der Waals surface area contributed by atoms with E-state index in [2.05, 4.69) is 26.0 Å². The van der Waals surface area contributed by atoms with Crippen LogP contribution in [0.3, 0.4) is 0 Å². The summed E-state index contributed by atoms with van der Waals surface area (Å²) in [6, 6.07) is 10.2. The average Bonchev–Trinajstić information content (AvgIpc) is 2.44. The Balaban J connectivity index is 2.33. The molecular formula is C12H16O. The molecule has 2 rings (SSSR count). The second-order valence-corrected chi connectivity index (χ2v) is 4.71. The van der Waals surface area contributed by atoms with E-state index in [-0.39, 0.29) is 5.41 Å². The molecule has 1 saturated carbocycles. The molecule has 0 aliphatic heterocycles. The smallest absolute Gasteiger partial charge is 0.0751 e. The van der Waals surface area contributed by atoms with Gasteiger partial charge in [-0.15, -0.1) is 0 Å². The molecule has 0 bridgehead atoms. The predicted molar refractivity (Wildman–Crippen MR) is 53.6 cm³/mol. The number of benzene rings is 1. The highest BCUT2D eigenvalue weighted by atomic mass is 16.3. The van der Waals surface area contributed by atoms with Gasteiger partial charge in [-0.25, -0.2) is 0 Å². The molecule has 13 heavy (non-hydrogen) atoms. The van der Waals surface area contributed by atoms with Gasteiger partial charge in [-0.2, -0.15) is 0 Å². The molecule has 0 saturated heterocycles. The van der Waals surface area contributed by atoms with E-state index in [0.717, 1.165) is 0 Å². The summed E-state index contributed by atoms with van der Waals surface area (Å²) in [5, 5.41) is 10.1. The lowest BCUT2D eigenvalue weighted by atomic mass is 10.0. The molecule has 1 aromatic carbocycles. The van der Waals surface area contributed by atoms with E-state index in [1.807, 2.05) is 25.1 Å². The highest BCUT2D eigenvalue weighted by Crippen LogP contribution is 2.66. The van der Waals surface area contributed by atoms with Crippen molar-refractivity contribution in [2.75, 3.05) is 0 Å². The van der Waals surface area contributed by atoms with Gasteiger partial charge in [0, 0.05) is 11.3 Å². The third kappa shape index (κ3) is 1.03. The van der Waals surface area contributed by atoms with Gasteiger partial charge in [-0.05, 0) is 12.5 Å². The Labute approximate surface area is 79.4 Å². The van der Waals surface area contributed by atoms with Crippen molar-refractivity contribution in [2.45, 2.75) is 32.3 Å². The van der Waals surface area contributed by atoms with E-state index < -0.39 is 5.60 Å². The molecule has 1 aliphatic carbocycles. The van der Waals surface area contributed by atoms with Gasteiger partial charge < -0.3 is 5.11 Å². The molecule has 1 fully saturated rings. The second-order valence-electron chi connectivity index (χ2n) is 4.71. The molecule has 1 heteroatoms. The molecule has 1 nitrogen and oxygen atoms in total. The zero-order valence-corrected chi connectivity index (χ0v) is 8.41. The van der Waals surface area contributed by atoms with Crippen molar-refractivity contribution in [3.63, 3.8) is 0 Å². The Morgan fingerprint density at radius 2 is 1.54 bits per heavy atom. The maximum Gasteiger partial charge on any atom is 0.0751 e. The number of rotatable bonds is 1. The van der Waals surface area contributed by atoms with Gasteiger partial charge in [0.25, 0.3) is 0 Å². The molecule has 0 spiro atoms. The quantitative estimate of drug-likeness (QED) is 0.697. The molecule has 1 aromatic rings. The topological polar surface area (TPSA) is 20.2 Å². The van der Waals surface area contributed by atoms with Crippen LogP contribution in [0.2, 0.25) is 0 Å². The van der Waals surface area contributed by atoms with Crippen LogP contribution in [-0.4, -0.2) is 10.7 Å². The Kier molecular flexibility index (Phi) is 1.59. The standard InChI is InChI=1S/C12H16O/c1-11(2)10(12(11,3)13)9-7-5-4-6-8-9/h4-8,10,13H,1-3H3. The summed E-state index contributed by atoms with van der Waals surface area (Å²) in [7, 11) is 0. The Bertz CT molecular complexity index is 297. The molecule has 2 atom stereocenters. The Morgan fingerprint density at radius 3 is 1.92 bits per heavy atom. The number of aliphatic hydroxyl groups is 1. The first-order valence-electron chi connectivity index (χ1n) is 4.75. The minimum Gasteiger partial charge on any atom is -0.389 e. The molecule has 0 radical (unpaired) electrons. The van der Waals surface area contributed by atoms with Gasteiger partial charge in [0.1, 0.15) is 0 Å². The first-order valence-corrected chi connectivity index (χ1v) is 4.75. The third-order valence-corrected chi connectivity index (χ3v) is 3.64. The van der Waals surface area contributed by atoms with Gasteiger partial charge >= 0.3 is 0 Å². The van der Waals surface area contributed by atoms with Crippen LogP contribution in [0.4, 0.5) is 0 Å². The second kappa shape index (κ2) is 2.36. The molecule has 0 heterocycles. The molecule has 0 amide bonds. The summed E-state index contributed by atoms with van der Waals surface area (Å²) >= 11 is 0.